The molecule has 1 saturated heterocycles. The lowest BCUT2D eigenvalue weighted by molar-refractivity contribution is -0.143. The van der Waals surface area contributed by atoms with Gasteiger partial charge in [-0.1, -0.05) is 43.5 Å². The number of likely N-dealkylation sites (tertiary alicyclic amines) is 1. The molecule has 3 amide bonds. The van der Waals surface area contributed by atoms with Crippen molar-refractivity contribution in [3.8, 4) is 0 Å². The molecule has 192 valence electrons. The molecule has 8 heteroatoms. The van der Waals surface area contributed by atoms with Crippen LogP contribution in [0.5, 0.6) is 0 Å². The van der Waals surface area contributed by atoms with Crippen LogP contribution in [0.25, 0.3) is 0 Å². The summed E-state index contributed by atoms with van der Waals surface area (Å²) in [5.41, 5.74) is 2.26. The van der Waals surface area contributed by atoms with Gasteiger partial charge >= 0.3 is 0 Å². The Balaban J connectivity index is 1.50. The summed E-state index contributed by atoms with van der Waals surface area (Å²) in [5, 5.41) is 9.18. The van der Waals surface area contributed by atoms with Gasteiger partial charge in [-0.05, 0) is 56.7 Å². The fraction of sp³-hybridized carbons (Fsp3) is 0.667. The minimum atomic E-state index is -0.592. The molecule has 1 saturated carbocycles. The van der Waals surface area contributed by atoms with Crippen molar-refractivity contribution in [2.45, 2.75) is 88.6 Å². The summed E-state index contributed by atoms with van der Waals surface area (Å²) < 4.78 is 5.69. The molecule has 4 rings (SSSR count). The van der Waals surface area contributed by atoms with E-state index in [-0.39, 0.29) is 41.8 Å². The third-order valence-corrected chi connectivity index (χ3v) is 8.13. The predicted molar refractivity (Wildman–Crippen MR) is 134 cm³/mol. The highest BCUT2D eigenvalue weighted by Gasteiger charge is 2.42. The van der Waals surface area contributed by atoms with E-state index in [1.54, 1.807) is 26.0 Å². The Labute approximate surface area is 208 Å². The normalized spacial score (nSPS) is 26.1. The van der Waals surface area contributed by atoms with Gasteiger partial charge in [0.05, 0.1) is 18.2 Å². The highest BCUT2D eigenvalue weighted by Crippen LogP contribution is 2.34. The van der Waals surface area contributed by atoms with Crippen molar-refractivity contribution in [2.24, 2.45) is 5.92 Å². The molecule has 0 spiro atoms. The van der Waals surface area contributed by atoms with E-state index in [0.717, 1.165) is 50.5 Å². The molecule has 3 aliphatic rings. The Kier molecular flexibility index (Phi) is 8.44. The summed E-state index contributed by atoms with van der Waals surface area (Å²) in [6.07, 6.45) is 7.16. The molecule has 35 heavy (non-hydrogen) atoms. The van der Waals surface area contributed by atoms with Crippen LogP contribution >= 0.6 is 0 Å². The Morgan fingerprint density at radius 2 is 1.80 bits per heavy atom. The van der Waals surface area contributed by atoms with Gasteiger partial charge in [0.25, 0.3) is 0 Å². The summed E-state index contributed by atoms with van der Waals surface area (Å²) in [7, 11) is 3.40. The quantitative estimate of drug-likeness (QED) is 0.525. The van der Waals surface area contributed by atoms with E-state index in [0.29, 0.717) is 13.0 Å². The van der Waals surface area contributed by atoms with Crippen molar-refractivity contribution < 1.29 is 19.1 Å². The highest BCUT2D eigenvalue weighted by molar-refractivity contribution is 5.93. The first-order valence-corrected chi connectivity index (χ1v) is 13.1. The van der Waals surface area contributed by atoms with Crippen molar-refractivity contribution in [3.63, 3.8) is 0 Å². The molecule has 0 bridgehead atoms. The summed E-state index contributed by atoms with van der Waals surface area (Å²) in [6.45, 7) is 2.32. The van der Waals surface area contributed by atoms with Crippen LogP contribution in [0.3, 0.4) is 0 Å². The van der Waals surface area contributed by atoms with Crippen LogP contribution in [0.15, 0.2) is 24.3 Å². The zero-order chi connectivity index (χ0) is 24.9. The Bertz CT molecular complexity index is 916. The van der Waals surface area contributed by atoms with Crippen LogP contribution in [-0.2, 0) is 25.5 Å². The fourth-order valence-electron chi connectivity index (χ4n) is 5.94. The number of hydrogen-bond donors (Lipinski definition) is 3. The number of carbonyl (C=O) groups excluding carboxylic acids is 3. The van der Waals surface area contributed by atoms with Gasteiger partial charge in [0.15, 0.2) is 0 Å². The molecule has 5 atom stereocenters. The van der Waals surface area contributed by atoms with Gasteiger partial charge in [-0.15, -0.1) is 0 Å². The molecule has 0 unspecified atom stereocenters. The first-order chi connectivity index (χ1) is 16.9. The largest absolute Gasteiger partial charge is 0.379 e. The fourth-order valence-corrected chi connectivity index (χ4v) is 5.94. The molecule has 1 aromatic rings. The second-order valence-corrected chi connectivity index (χ2v) is 10.2. The smallest absolute Gasteiger partial charge is 0.246 e. The lowest BCUT2D eigenvalue weighted by Gasteiger charge is -2.35. The van der Waals surface area contributed by atoms with Gasteiger partial charge in [0, 0.05) is 20.1 Å². The number of likely N-dealkylation sites (N-methyl/N-ethyl adjacent to an activating group) is 1. The number of rotatable bonds is 8. The number of nitrogens with zero attached hydrogens (tertiary/aromatic N) is 1. The minimum absolute atomic E-state index is 0.105. The number of benzene rings is 1. The van der Waals surface area contributed by atoms with Crippen molar-refractivity contribution in [2.75, 3.05) is 20.7 Å². The Morgan fingerprint density at radius 1 is 1.06 bits per heavy atom. The second-order valence-electron chi connectivity index (χ2n) is 10.2. The monoisotopic (exact) mass is 484 g/mol. The average Bonchev–Trinajstić information content (AvgIpc) is 3.52. The molecular formula is C27H40N4O4. The molecular weight excluding hydrogens is 444 g/mol. The van der Waals surface area contributed by atoms with Gasteiger partial charge in [-0.3, -0.25) is 14.4 Å². The van der Waals surface area contributed by atoms with E-state index in [1.807, 2.05) is 18.2 Å². The molecule has 3 N–H and O–H groups in total. The van der Waals surface area contributed by atoms with Gasteiger partial charge in [-0.25, -0.2) is 0 Å². The summed E-state index contributed by atoms with van der Waals surface area (Å²) in [5.74, 6) is -0.339. The summed E-state index contributed by atoms with van der Waals surface area (Å²) in [4.78, 5) is 41.8. The number of hydrogen-bond acceptors (Lipinski definition) is 5. The maximum Gasteiger partial charge on any atom is 0.246 e. The Morgan fingerprint density at radius 3 is 2.51 bits per heavy atom. The van der Waals surface area contributed by atoms with Gasteiger partial charge in [-0.2, -0.15) is 0 Å². The van der Waals surface area contributed by atoms with E-state index in [4.69, 9.17) is 4.74 Å². The van der Waals surface area contributed by atoms with E-state index in [9.17, 15) is 14.4 Å². The Hall–Kier alpha value is -2.45. The zero-order valence-corrected chi connectivity index (χ0v) is 21.2. The number of amides is 3. The molecule has 1 aliphatic heterocycles. The number of fused-ring (bicyclic) bond motifs is 1. The van der Waals surface area contributed by atoms with E-state index in [1.165, 1.54) is 5.56 Å². The first-order valence-electron chi connectivity index (χ1n) is 13.1. The van der Waals surface area contributed by atoms with Gasteiger partial charge in [0.1, 0.15) is 12.1 Å². The zero-order valence-electron chi connectivity index (χ0n) is 21.2. The van der Waals surface area contributed by atoms with Crippen LogP contribution in [0.4, 0.5) is 0 Å². The van der Waals surface area contributed by atoms with Crippen LogP contribution in [0.2, 0.25) is 0 Å². The maximum absolute atomic E-state index is 13.8. The molecule has 0 aromatic heterocycles. The van der Waals surface area contributed by atoms with Crippen LogP contribution in [-0.4, -0.2) is 67.6 Å². The molecule has 2 aliphatic carbocycles. The third-order valence-electron chi connectivity index (χ3n) is 8.13. The third kappa shape index (κ3) is 5.54. The first kappa shape index (κ1) is 25.6. The lowest BCUT2D eigenvalue weighted by atomic mass is 9.83. The van der Waals surface area contributed by atoms with Crippen molar-refractivity contribution in [1.29, 1.82) is 0 Å². The van der Waals surface area contributed by atoms with E-state index >= 15 is 0 Å². The van der Waals surface area contributed by atoms with Crippen molar-refractivity contribution in [3.05, 3.63) is 35.4 Å². The number of methoxy groups -OCH3 is 1. The predicted octanol–water partition coefficient (Wildman–Crippen LogP) is 2.08. The van der Waals surface area contributed by atoms with Gasteiger partial charge in [0.2, 0.25) is 17.7 Å². The van der Waals surface area contributed by atoms with Crippen LogP contribution in [0.1, 0.15) is 69.0 Å². The second kappa shape index (κ2) is 11.5. The van der Waals surface area contributed by atoms with E-state index < -0.39 is 12.1 Å². The number of carbonyl (C=O) groups is 3. The number of ether oxygens (including phenoxy) is 1. The van der Waals surface area contributed by atoms with Crippen LogP contribution < -0.4 is 16.0 Å². The average molecular weight is 485 g/mol. The molecule has 0 radical (unpaired) electrons. The maximum atomic E-state index is 13.8. The molecule has 2 fully saturated rings. The molecule has 1 heterocycles. The lowest BCUT2D eigenvalue weighted by Crippen LogP contribution is -2.58. The van der Waals surface area contributed by atoms with Crippen molar-refractivity contribution in [1.82, 2.24) is 20.9 Å². The number of nitrogens with one attached hydrogen (secondary N) is 3. The van der Waals surface area contributed by atoms with Crippen LogP contribution in [0, 0.1) is 5.92 Å². The highest BCUT2D eigenvalue weighted by atomic mass is 16.5. The minimum Gasteiger partial charge on any atom is -0.379 e. The summed E-state index contributed by atoms with van der Waals surface area (Å²) in [6, 6.07) is 6.35. The summed E-state index contributed by atoms with van der Waals surface area (Å²) >= 11 is 0. The van der Waals surface area contributed by atoms with Gasteiger partial charge < -0.3 is 25.6 Å². The standard InChI is InChI=1S/C27H40N4O4/c1-17(28-2)25(32)29-23(18-10-5-4-6-11-18)27(34)31-15-9-14-21(31)26(33)30-24-20-13-8-7-12-19(20)16-22(24)35-3/h7-8,12-13,17-18,21-24,28H,4-6,9-11,14-16H2,1-3H3,(H,29,32)(H,30,33)/t17-,21-,22+,23-,24-/m0/s1. The van der Waals surface area contributed by atoms with Crippen molar-refractivity contribution >= 4 is 17.7 Å². The topological polar surface area (TPSA) is 99.8 Å². The SMILES string of the molecule is CN[C@@H](C)C(=O)N[C@H](C(=O)N1CCC[C@H]1C(=O)N[C@H]1c2ccccc2C[C@H]1OC)C1CCCCC1. The van der Waals surface area contributed by atoms with E-state index in [2.05, 4.69) is 22.0 Å². The molecule has 1 aromatic carbocycles. The molecule has 8 nitrogen and oxygen atoms in total.